The van der Waals surface area contributed by atoms with Crippen molar-refractivity contribution in [3.63, 3.8) is 0 Å². The average Bonchev–Trinajstić information content (AvgIpc) is 3.82. The number of rotatable bonds is 5. The van der Waals surface area contributed by atoms with E-state index < -0.39 is 0 Å². The van der Waals surface area contributed by atoms with Gasteiger partial charge in [0.1, 0.15) is 5.04 Å². The molecule has 204 valence electrons. The smallest absolute Gasteiger partial charge is 0.109 e. The molecule has 5 nitrogen and oxygen atoms in total. The summed E-state index contributed by atoms with van der Waals surface area (Å²) in [6, 6.07) is 34.1. The van der Waals surface area contributed by atoms with Crippen LogP contribution in [0.3, 0.4) is 0 Å². The molecule has 8 heteroatoms. The summed E-state index contributed by atoms with van der Waals surface area (Å²) in [5.74, 6) is 0. The molecule has 7 rings (SSSR count). The van der Waals surface area contributed by atoms with E-state index in [-0.39, 0.29) is 0 Å². The first-order chi connectivity index (χ1) is 20.0. The first-order valence-electron chi connectivity index (χ1n) is 12.9. The molecular weight excluding hydrogens is 563 g/mol. The van der Waals surface area contributed by atoms with Crippen LogP contribution in [-0.4, -0.2) is 20.7 Å². The van der Waals surface area contributed by atoms with Crippen LogP contribution >= 0.6 is 34.4 Å². The number of nitrogen functional groups attached to an aromatic ring is 1. The summed E-state index contributed by atoms with van der Waals surface area (Å²) in [6.45, 7) is 0. The van der Waals surface area contributed by atoms with Crippen molar-refractivity contribution >= 4 is 72.7 Å². The van der Waals surface area contributed by atoms with Gasteiger partial charge >= 0.3 is 0 Å². The highest BCUT2D eigenvalue weighted by molar-refractivity contribution is 8.14. The predicted molar refractivity (Wildman–Crippen MR) is 179 cm³/mol. The van der Waals surface area contributed by atoms with Crippen LogP contribution in [0.15, 0.2) is 131 Å². The SMILES string of the molecule is N=C(Cc1ccc2[nH]ccc2c1)c1cccs1.N=C(Sc1ccccc1)c1cccs1.Nc1ccc2[nH]ccc2c1. The third-order valence-corrected chi connectivity index (χ3v) is 8.98. The number of thioether (sulfide) groups is 1. The monoisotopic (exact) mass is 591 g/mol. The maximum Gasteiger partial charge on any atom is 0.109 e. The van der Waals surface area contributed by atoms with Gasteiger partial charge in [0.15, 0.2) is 0 Å². The van der Waals surface area contributed by atoms with E-state index in [4.69, 9.17) is 16.6 Å². The second kappa shape index (κ2) is 13.8. The molecule has 0 radical (unpaired) electrons. The number of H-pyrrole nitrogens is 2. The quantitative estimate of drug-likeness (QED) is 0.0595. The van der Waals surface area contributed by atoms with E-state index in [0.717, 1.165) is 31.4 Å². The summed E-state index contributed by atoms with van der Waals surface area (Å²) in [4.78, 5) is 9.47. The van der Waals surface area contributed by atoms with Crippen LogP contribution in [0.4, 0.5) is 5.69 Å². The van der Waals surface area contributed by atoms with Gasteiger partial charge in [-0.05, 0) is 88.4 Å². The molecule has 0 saturated heterocycles. The normalized spacial score (nSPS) is 10.4. The van der Waals surface area contributed by atoms with Crippen molar-refractivity contribution in [1.82, 2.24) is 9.97 Å². The van der Waals surface area contributed by atoms with Crippen LogP contribution in [0.2, 0.25) is 0 Å². The van der Waals surface area contributed by atoms with Crippen molar-refractivity contribution < 1.29 is 0 Å². The Kier molecular flexibility index (Phi) is 9.49. The lowest BCUT2D eigenvalue weighted by Crippen LogP contribution is -2.00. The zero-order valence-electron chi connectivity index (χ0n) is 22.1. The summed E-state index contributed by atoms with van der Waals surface area (Å²) < 4.78 is 0. The average molecular weight is 592 g/mol. The molecule has 0 unspecified atom stereocenters. The second-order valence-corrected chi connectivity index (χ2v) is 12.1. The highest BCUT2D eigenvalue weighted by Gasteiger charge is 2.05. The third-order valence-electron chi connectivity index (χ3n) is 6.10. The van der Waals surface area contributed by atoms with Gasteiger partial charge in [-0.3, -0.25) is 5.41 Å². The van der Waals surface area contributed by atoms with Crippen molar-refractivity contribution in [1.29, 1.82) is 10.8 Å². The molecule has 7 aromatic rings. The topological polar surface area (TPSA) is 105 Å². The van der Waals surface area contributed by atoms with Crippen molar-refractivity contribution in [3.8, 4) is 0 Å². The standard InChI is InChI=1S/C14H12N2S.C11H9NS2.C8H8N2/c15-12(14-2-1-7-17-14)9-10-3-4-13-11(8-10)5-6-16-13;12-11(10-7-4-8-13-10)14-9-5-2-1-3-6-9;9-7-1-2-8-6(5-7)3-4-10-8/h1-8,15-16H,9H2;1-8,12H;1-5,10H,9H2. The number of aromatic amines is 2. The molecule has 0 saturated carbocycles. The first kappa shape index (κ1) is 28.2. The molecule has 0 aliphatic rings. The van der Waals surface area contributed by atoms with E-state index in [1.165, 1.54) is 28.1 Å². The van der Waals surface area contributed by atoms with Crippen LogP contribution < -0.4 is 5.73 Å². The lowest BCUT2D eigenvalue weighted by Gasteiger charge is -2.02. The largest absolute Gasteiger partial charge is 0.399 e. The first-order valence-corrected chi connectivity index (χ1v) is 15.5. The molecule has 0 atom stereocenters. The third kappa shape index (κ3) is 7.85. The fourth-order valence-electron chi connectivity index (χ4n) is 4.09. The molecule has 4 aromatic heterocycles. The molecule has 0 spiro atoms. The van der Waals surface area contributed by atoms with E-state index in [1.54, 1.807) is 22.7 Å². The number of hydrogen-bond donors (Lipinski definition) is 5. The van der Waals surface area contributed by atoms with Crippen molar-refractivity contribution in [2.24, 2.45) is 0 Å². The molecule has 3 aromatic carbocycles. The minimum absolute atomic E-state index is 0.617. The molecule has 41 heavy (non-hydrogen) atoms. The second-order valence-electron chi connectivity index (χ2n) is 9.08. The number of anilines is 1. The van der Waals surface area contributed by atoms with Gasteiger partial charge in [-0.1, -0.05) is 48.2 Å². The zero-order chi connectivity index (χ0) is 28.4. The Morgan fingerprint density at radius 3 is 1.98 bits per heavy atom. The van der Waals surface area contributed by atoms with E-state index >= 15 is 0 Å². The van der Waals surface area contributed by atoms with Crippen molar-refractivity contribution in [2.75, 3.05) is 5.73 Å². The van der Waals surface area contributed by atoms with Crippen LogP contribution in [0, 0.1) is 10.8 Å². The molecule has 6 N–H and O–H groups in total. The number of hydrogen-bond acceptors (Lipinski definition) is 6. The number of benzene rings is 3. The van der Waals surface area contributed by atoms with E-state index in [1.807, 2.05) is 102 Å². The number of aromatic nitrogens is 2. The van der Waals surface area contributed by atoms with Crippen molar-refractivity contribution in [2.45, 2.75) is 11.3 Å². The van der Waals surface area contributed by atoms with Crippen molar-refractivity contribution in [3.05, 3.63) is 142 Å². The van der Waals surface area contributed by atoms with Gasteiger partial charge in [-0.2, -0.15) is 0 Å². The lowest BCUT2D eigenvalue weighted by molar-refractivity contribution is 1.29. The van der Waals surface area contributed by atoms with Gasteiger partial charge in [0, 0.05) is 50.7 Å². The Hall–Kier alpha value is -4.37. The van der Waals surface area contributed by atoms with Crippen LogP contribution in [0.1, 0.15) is 15.3 Å². The molecule has 0 bridgehead atoms. The van der Waals surface area contributed by atoms with E-state index in [2.05, 4.69) is 34.2 Å². The van der Waals surface area contributed by atoms with Gasteiger partial charge in [-0.25, -0.2) is 0 Å². The number of fused-ring (bicyclic) bond motifs is 2. The van der Waals surface area contributed by atoms with Crippen LogP contribution in [0.25, 0.3) is 21.8 Å². The van der Waals surface area contributed by atoms with Gasteiger partial charge in [0.05, 0.1) is 10.6 Å². The number of thiophene rings is 2. The molecular formula is C33H29N5S3. The van der Waals surface area contributed by atoms with Gasteiger partial charge in [-0.15, -0.1) is 22.7 Å². The maximum atomic E-state index is 8.06. The highest BCUT2D eigenvalue weighted by atomic mass is 32.2. The fraction of sp³-hybridized carbons (Fsp3) is 0.0303. The maximum absolute atomic E-state index is 8.06. The Balaban J connectivity index is 0.000000128. The fourth-order valence-corrected chi connectivity index (χ4v) is 6.30. The highest BCUT2D eigenvalue weighted by Crippen LogP contribution is 2.24. The summed E-state index contributed by atoms with van der Waals surface area (Å²) in [5.41, 5.74) is 10.5. The lowest BCUT2D eigenvalue weighted by atomic mass is 10.1. The molecule has 0 amide bonds. The summed E-state index contributed by atoms with van der Waals surface area (Å²) in [6.07, 6.45) is 4.55. The minimum atomic E-state index is 0.617. The minimum Gasteiger partial charge on any atom is -0.399 e. The molecule has 4 heterocycles. The number of nitrogens with one attached hydrogen (secondary N) is 4. The summed E-state index contributed by atoms with van der Waals surface area (Å²) in [7, 11) is 0. The Morgan fingerprint density at radius 1 is 0.683 bits per heavy atom. The van der Waals surface area contributed by atoms with E-state index in [0.29, 0.717) is 17.2 Å². The molecule has 0 fully saturated rings. The summed E-state index contributed by atoms with van der Waals surface area (Å²) in [5, 5.41) is 22.9. The Labute approximate surface area is 251 Å². The molecule has 0 aliphatic carbocycles. The molecule has 0 aliphatic heterocycles. The van der Waals surface area contributed by atoms with Crippen LogP contribution in [-0.2, 0) is 6.42 Å². The van der Waals surface area contributed by atoms with Crippen LogP contribution in [0.5, 0.6) is 0 Å². The Morgan fingerprint density at radius 2 is 1.32 bits per heavy atom. The Bertz CT molecular complexity index is 1830. The number of nitrogens with two attached hydrogens (primary N) is 1. The predicted octanol–water partition coefficient (Wildman–Crippen LogP) is 9.46. The van der Waals surface area contributed by atoms with Gasteiger partial charge in [0.25, 0.3) is 0 Å². The van der Waals surface area contributed by atoms with Gasteiger partial charge in [0.2, 0.25) is 0 Å². The zero-order valence-corrected chi connectivity index (χ0v) is 24.6. The van der Waals surface area contributed by atoms with Gasteiger partial charge < -0.3 is 21.1 Å². The summed E-state index contributed by atoms with van der Waals surface area (Å²) >= 11 is 4.72. The van der Waals surface area contributed by atoms with E-state index in [9.17, 15) is 0 Å².